The molecule has 2 unspecified atom stereocenters. The Morgan fingerprint density at radius 1 is 1.38 bits per heavy atom. The van der Waals surface area contributed by atoms with E-state index in [-0.39, 0.29) is 6.04 Å². The lowest BCUT2D eigenvalue weighted by Crippen LogP contribution is -2.23. The lowest BCUT2D eigenvalue weighted by atomic mass is 10.2. The van der Waals surface area contributed by atoms with Crippen molar-refractivity contribution >= 4 is 28.2 Å². The molecule has 4 nitrogen and oxygen atoms in total. The van der Waals surface area contributed by atoms with Crippen molar-refractivity contribution in [1.82, 2.24) is 10.2 Å². The molecule has 0 saturated carbocycles. The van der Waals surface area contributed by atoms with Crippen LogP contribution in [0, 0.1) is 13.8 Å². The molecule has 0 saturated heterocycles. The highest BCUT2D eigenvalue weighted by atomic mass is 35.5. The second-order valence-electron chi connectivity index (χ2n) is 3.87. The maximum Gasteiger partial charge on any atom is 0.155 e. The molecule has 2 atom stereocenters. The van der Waals surface area contributed by atoms with Gasteiger partial charge in [-0.15, -0.1) is 10.2 Å². The number of anilines is 1. The predicted molar refractivity (Wildman–Crippen MR) is 68.5 cm³/mol. The Labute approximate surface area is 103 Å². The molecule has 1 rings (SSSR count). The quantitative estimate of drug-likeness (QED) is 0.900. The van der Waals surface area contributed by atoms with Crippen LogP contribution >= 0.6 is 11.6 Å². The summed E-state index contributed by atoms with van der Waals surface area (Å²) in [5.74, 6) is 1.29. The van der Waals surface area contributed by atoms with Gasteiger partial charge in [0, 0.05) is 28.9 Å². The number of nitrogens with one attached hydrogen (secondary N) is 1. The zero-order valence-electron chi connectivity index (χ0n) is 9.87. The van der Waals surface area contributed by atoms with Crippen LogP contribution in [0.3, 0.4) is 0 Å². The summed E-state index contributed by atoms with van der Waals surface area (Å²) in [4.78, 5) is 0. The van der Waals surface area contributed by atoms with Gasteiger partial charge in [-0.1, -0.05) is 11.6 Å². The van der Waals surface area contributed by atoms with Gasteiger partial charge >= 0.3 is 0 Å². The van der Waals surface area contributed by atoms with Crippen LogP contribution in [-0.2, 0) is 10.8 Å². The topological polar surface area (TPSA) is 54.9 Å². The summed E-state index contributed by atoms with van der Waals surface area (Å²) in [6.07, 6.45) is 1.68. The summed E-state index contributed by atoms with van der Waals surface area (Å²) in [6, 6.07) is 0.0967. The first-order chi connectivity index (χ1) is 7.41. The molecule has 1 aromatic heterocycles. The minimum atomic E-state index is -0.822. The minimum absolute atomic E-state index is 0.0967. The van der Waals surface area contributed by atoms with Crippen molar-refractivity contribution in [3.8, 4) is 0 Å². The average molecular weight is 262 g/mol. The van der Waals surface area contributed by atoms with E-state index < -0.39 is 10.8 Å². The van der Waals surface area contributed by atoms with E-state index in [1.165, 1.54) is 0 Å². The van der Waals surface area contributed by atoms with E-state index in [4.69, 9.17) is 11.6 Å². The van der Waals surface area contributed by atoms with Crippen LogP contribution < -0.4 is 5.32 Å². The van der Waals surface area contributed by atoms with E-state index >= 15 is 0 Å². The highest BCUT2D eigenvalue weighted by molar-refractivity contribution is 7.84. The average Bonchev–Trinajstić information content (AvgIpc) is 2.18. The summed E-state index contributed by atoms with van der Waals surface area (Å²) < 4.78 is 11.1. The summed E-state index contributed by atoms with van der Waals surface area (Å²) in [5.41, 5.74) is 1.90. The molecule has 0 aliphatic carbocycles. The fourth-order valence-electron chi connectivity index (χ4n) is 1.34. The fraction of sp³-hybridized carbons (Fsp3) is 0.600. The van der Waals surface area contributed by atoms with E-state index in [0.29, 0.717) is 16.7 Å². The van der Waals surface area contributed by atoms with Crippen LogP contribution in [-0.4, -0.2) is 32.5 Å². The summed E-state index contributed by atoms with van der Waals surface area (Å²) >= 11 is 5.86. The van der Waals surface area contributed by atoms with Gasteiger partial charge in [0.05, 0.1) is 0 Å². The number of rotatable bonds is 4. The molecule has 0 spiro atoms. The lowest BCUT2D eigenvalue weighted by molar-refractivity contribution is 0.682. The molecule has 0 radical (unpaired) electrons. The SMILES string of the molecule is Cc1c(Cl)nnc(NC(C)CS(C)=O)c1C. The van der Waals surface area contributed by atoms with E-state index in [9.17, 15) is 4.21 Å². The molecular weight excluding hydrogens is 246 g/mol. The Morgan fingerprint density at radius 2 is 2.00 bits per heavy atom. The molecule has 90 valence electrons. The summed E-state index contributed by atoms with van der Waals surface area (Å²) in [6.45, 7) is 5.81. The molecule has 0 aliphatic heterocycles. The maximum atomic E-state index is 11.1. The molecule has 0 aliphatic rings. The van der Waals surface area contributed by atoms with E-state index in [1.807, 2.05) is 20.8 Å². The van der Waals surface area contributed by atoms with E-state index in [2.05, 4.69) is 15.5 Å². The number of nitrogens with zero attached hydrogens (tertiary/aromatic N) is 2. The highest BCUT2D eigenvalue weighted by Gasteiger charge is 2.11. The molecule has 1 N–H and O–H groups in total. The molecular formula is C10H16ClN3OS. The van der Waals surface area contributed by atoms with Crippen LogP contribution in [0.25, 0.3) is 0 Å². The molecule has 0 fully saturated rings. The van der Waals surface area contributed by atoms with Crippen LogP contribution in [0.4, 0.5) is 5.82 Å². The zero-order chi connectivity index (χ0) is 12.3. The Morgan fingerprint density at radius 3 is 2.56 bits per heavy atom. The molecule has 6 heteroatoms. The first-order valence-corrected chi connectivity index (χ1v) is 7.08. The van der Waals surface area contributed by atoms with Gasteiger partial charge in [-0.3, -0.25) is 4.21 Å². The van der Waals surface area contributed by atoms with Gasteiger partial charge < -0.3 is 5.32 Å². The monoisotopic (exact) mass is 261 g/mol. The van der Waals surface area contributed by atoms with E-state index in [0.717, 1.165) is 11.1 Å². The number of hydrogen-bond donors (Lipinski definition) is 1. The molecule has 0 aromatic carbocycles. The van der Waals surface area contributed by atoms with Crippen molar-refractivity contribution < 1.29 is 4.21 Å². The number of halogens is 1. The van der Waals surface area contributed by atoms with Crippen molar-refractivity contribution in [2.75, 3.05) is 17.3 Å². The zero-order valence-corrected chi connectivity index (χ0v) is 11.4. The molecule has 16 heavy (non-hydrogen) atoms. The third-order valence-corrected chi connectivity index (χ3v) is 3.66. The number of aromatic nitrogens is 2. The van der Waals surface area contributed by atoms with Crippen LogP contribution in [0.1, 0.15) is 18.1 Å². The van der Waals surface area contributed by atoms with E-state index in [1.54, 1.807) is 6.26 Å². The largest absolute Gasteiger partial charge is 0.365 e. The Balaban J connectivity index is 2.82. The van der Waals surface area contributed by atoms with Crippen molar-refractivity contribution in [3.63, 3.8) is 0 Å². The van der Waals surface area contributed by atoms with Crippen molar-refractivity contribution in [3.05, 3.63) is 16.3 Å². The van der Waals surface area contributed by atoms with Gasteiger partial charge in [0.25, 0.3) is 0 Å². The molecule has 1 aromatic rings. The summed E-state index contributed by atoms with van der Waals surface area (Å²) in [7, 11) is -0.822. The molecule has 1 heterocycles. The van der Waals surface area contributed by atoms with Gasteiger partial charge in [-0.05, 0) is 31.9 Å². The van der Waals surface area contributed by atoms with Crippen molar-refractivity contribution in [1.29, 1.82) is 0 Å². The van der Waals surface area contributed by atoms with Gasteiger partial charge in [-0.2, -0.15) is 0 Å². The normalized spacial score (nSPS) is 14.6. The maximum absolute atomic E-state index is 11.1. The third kappa shape index (κ3) is 3.42. The smallest absolute Gasteiger partial charge is 0.155 e. The van der Waals surface area contributed by atoms with Crippen LogP contribution in [0.5, 0.6) is 0 Å². The minimum Gasteiger partial charge on any atom is -0.365 e. The first-order valence-electron chi connectivity index (χ1n) is 4.97. The fourth-order valence-corrected chi connectivity index (χ4v) is 2.31. The Bertz CT molecular complexity index is 411. The highest BCUT2D eigenvalue weighted by Crippen LogP contribution is 2.20. The van der Waals surface area contributed by atoms with Crippen LogP contribution in [0.15, 0.2) is 0 Å². The van der Waals surface area contributed by atoms with Gasteiger partial charge in [0.1, 0.15) is 0 Å². The van der Waals surface area contributed by atoms with Gasteiger partial charge in [0.15, 0.2) is 11.0 Å². The predicted octanol–water partition coefficient (Wildman–Crippen LogP) is 1.93. The molecule has 0 bridgehead atoms. The molecule has 0 amide bonds. The second-order valence-corrected chi connectivity index (χ2v) is 5.71. The van der Waals surface area contributed by atoms with Gasteiger partial charge in [-0.25, -0.2) is 0 Å². The second kappa shape index (κ2) is 5.59. The Kier molecular flexibility index (Phi) is 4.68. The van der Waals surface area contributed by atoms with Crippen molar-refractivity contribution in [2.45, 2.75) is 26.8 Å². The third-order valence-electron chi connectivity index (χ3n) is 2.33. The first kappa shape index (κ1) is 13.4. The lowest BCUT2D eigenvalue weighted by Gasteiger charge is -2.15. The standard InChI is InChI=1S/C10H16ClN3OS/c1-6(5-16(4)15)12-10-8(3)7(2)9(11)13-14-10/h6H,5H2,1-4H3,(H,12,14). The van der Waals surface area contributed by atoms with Gasteiger partial charge in [0.2, 0.25) is 0 Å². The summed E-state index contributed by atoms with van der Waals surface area (Å²) in [5, 5.41) is 11.5. The van der Waals surface area contributed by atoms with Crippen molar-refractivity contribution in [2.24, 2.45) is 0 Å². The van der Waals surface area contributed by atoms with Crippen LogP contribution in [0.2, 0.25) is 5.15 Å². The number of hydrogen-bond acceptors (Lipinski definition) is 4. The Hall–Kier alpha value is -0.680.